The maximum atomic E-state index is 10.7. The van der Waals surface area contributed by atoms with Gasteiger partial charge in [-0.1, -0.05) is 6.07 Å². The molecule has 4 nitrogen and oxygen atoms in total. The molecule has 1 aromatic carbocycles. The molecular formula is C13H20N2O2S. The van der Waals surface area contributed by atoms with Gasteiger partial charge < -0.3 is 16.2 Å². The zero-order valence-electron chi connectivity index (χ0n) is 10.8. The van der Waals surface area contributed by atoms with Crippen LogP contribution in [-0.4, -0.2) is 18.3 Å². The van der Waals surface area contributed by atoms with E-state index in [9.17, 15) is 4.79 Å². The van der Waals surface area contributed by atoms with Gasteiger partial charge in [-0.05, 0) is 31.5 Å². The Morgan fingerprint density at radius 1 is 1.50 bits per heavy atom. The number of hydrogen-bond donors (Lipinski definition) is 2. The molecule has 1 rings (SSSR count). The maximum Gasteiger partial charge on any atom is 0.227 e. The highest BCUT2D eigenvalue weighted by molar-refractivity contribution is 7.99. The van der Waals surface area contributed by atoms with Gasteiger partial charge in [0, 0.05) is 17.4 Å². The summed E-state index contributed by atoms with van der Waals surface area (Å²) in [6, 6.07) is 5.92. The molecule has 0 spiro atoms. The fraction of sp³-hybridized carbons (Fsp3) is 0.462. The normalized spacial score (nSPS) is 12.2. The van der Waals surface area contributed by atoms with Gasteiger partial charge >= 0.3 is 0 Å². The topological polar surface area (TPSA) is 78.3 Å². The van der Waals surface area contributed by atoms with Crippen LogP contribution < -0.4 is 16.2 Å². The Hall–Kier alpha value is -1.20. The molecule has 0 aliphatic rings. The average molecular weight is 268 g/mol. The molecule has 0 aromatic heterocycles. The van der Waals surface area contributed by atoms with Crippen LogP contribution in [0, 0.1) is 0 Å². The van der Waals surface area contributed by atoms with E-state index in [0.29, 0.717) is 18.1 Å². The second kappa shape index (κ2) is 7.28. The number of nitrogens with two attached hydrogens (primary N) is 2. The molecule has 0 saturated heterocycles. The van der Waals surface area contributed by atoms with Crippen molar-refractivity contribution in [2.75, 3.05) is 12.4 Å². The molecule has 0 saturated carbocycles. The standard InChI is InChI=1S/C13H20N2O2S/c1-3-17-12-5-4-10(9(2)14)6-11(12)7-18-8-13(15)16/h4-6,9H,3,7-8,14H2,1-2H3,(H2,15,16). The molecule has 1 unspecified atom stereocenters. The Morgan fingerprint density at radius 2 is 2.22 bits per heavy atom. The lowest BCUT2D eigenvalue weighted by atomic mass is 10.1. The number of rotatable bonds is 7. The van der Waals surface area contributed by atoms with E-state index in [1.807, 2.05) is 32.0 Å². The van der Waals surface area contributed by atoms with E-state index in [0.717, 1.165) is 16.9 Å². The number of primary amides is 1. The minimum atomic E-state index is -0.304. The molecule has 0 aliphatic carbocycles. The van der Waals surface area contributed by atoms with Crippen molar-refractivity contribution in [3.05, 3.63) is 29.3 Å². The van der Waals surface area contributed by atoms with Crippen LogP contribution in [0.25, 0.3) is 0 Å². The van der Waals surface area contributed by atoms with Gasteiger partial charge in [-0.15, -0.1) is 11.8 Å². The highest BCUT2D eigenvalue weighted by Gasteiger charge is 2.08. The first-order valence-electron chi connectivity index (χ1n) is 5.91. The van der Waals surface area contributed by atoms with E-state index in [2.05, 4.69) is 0 Å². The lowest BCUT2D eigenvalue weighted by Gasteiger charge is -2.13. The molecule has 4 N–H and O–H groups in total. The molecule has 100 valence electrons. The third-order valence-electron chi connectivity index (χ3n) is 2.41. The number of carbonyl (C=O) groups is 1. The smallest absolute Gasteiger partial charge is 0.227 e. The number of amides is 1. The Morgan fingerprint density at radius 3 is 2.78 bits per heavy atom. The van der Waals surface area contributed by atoms with Crippen LogP contribution in [-0.2, 0) is 10.5 Å². The van der Waals surface area contributed by atoms with Crippen LogP contribution in [0.2, 0.25) is 0 Å². The predicted molar refractivity (Wildman–Crippen MR) is 75.6 cm³/mol. The van der Waals surface area contributed by atoms with Gasteiger partial charge in [-0.3, -0.25) is 4.79 Å². The van der Waals surface area contributed by atoms with Crippen LogP contribution in [0.5, 0.6) is 5.75 Å². The van der Waals surface area contributed by atoms with E-state index in [-0.39, 0.29) is 11.9 Å². The van der Waals surface area contributed by atoms with Crippen molar-refractivity contribution in [1.29, 1.82) is 0 Å². The molecule has 18 heavy (non-hydrogen) atoms. The largest absolute Gasteiger partial charge is 0.494 e. The summed E-state index contributed by atoms with van der Waals surface area (Å²) in [4.78, 5) is 10.7. The first kappa shape index (κ1) is 14.9. The van der Waals surface area contributed by atoms with E-state index < -0.39 is 0 Å². The summed E-state index contributed by atoms with van der Waals surface area (Å²) in [7, 11) is 0. The van der Waals surface area contributed by atoms with Gasteiger partial charge in [0.05, 0.1) is 12.4 Å². The fourth-order valence-corrected chi connectivity index (χ4v) is 2.30. The van der Waals surface area contributed by atoms with Crippen LogP contribution in [0.15, 0.2) is 18.2 Å². The molecule has 0 aliphatic heterocycles. The Kier molecular flexibility index (Phi) is 6.01. The van der Waals surface area contributed by atoms with Crippen LogP contribution in [0.3, 0.4) is 0 Å². The Bertz CT molecular complexity index is 408. The Labute approximate surface area is 112 Å². The van der Waals surface area contributed by atoms with Crippen molar-refractivity contribution in [1.82, 2.24) is 0 Å². The summed E-state index contributed by atoms with van der Waals surface area (Å²) in [5.74, 6) is 1.55. The summed E-state index contributed by atoms with van der Waals surface area (Å²) in [6.45, 7) is 4.50. The number of ether oxygens (including phenoxy) is 1. The highest BCUT2D eigenvalue weighted by atomic mass is 32.2. The summed E-state index contributed by atoms with van der Waals surface area (Å²) >= 11 is 1.48. The first-order valence-corrected chi connectivity index (χ1v) is 7.07. The third kappa shape index (κ3) is 4.58. The molecule has 1 aromatic rings. The van der Waals surface area contributed by atoms with Gasteiger partial charge in [0.1, 0.15) is 5.75 Å². The maximum absolute atomic E-state index is 10.7. The quantitative estimate of drug-likeness (QED) is 0.790. The van der Waals surface area contributed by atoms with Crippen molar-refractivity contribution in [3.63, 3.8) is 0 Å². The third-order valence-corrected chi connectivity index (χ3v) is 3.42. The molecule has 0 heterocycles. The van der Waals surface area contributed by atoms with Crippen molar-refractivity contribution in [2.45, 2.75) is 25.6 Å². The average Bonchev–Trinajstić information content (AvgIpc) is 2.30. The van der Waals surface area contributed by atoms with Gasteiger partial charge in [-0.25, -0.2) is 0 Å². The molecule has 0 fully saturated rings. The van der Waals surface area contributed by atoms with Crippen LogP contribution in [0.4, 0.5) is 0 Å². The highest BCUT2D eigenvalue weighted by Crippen LogP contribution is 2.26. The number of hydrogen-bond acceptors (Lipinski definition) is 4. The summed E-state index contributed by atoms with van der Waals surface area (Å²) < 4.78 is 5.56. The summed E-state index contributed by atoms with van der Waals surface area (Å²) in [5, 5.41) is 0. The van der Waals surface area contributed by atoms with Crippen molar-refractivity contribution in [2.24, 2.45) is 11.5 Å². The van der Waals surface area contributed by atoms with Gasteiger partial charge in [-0.2, -0.15) is 0 Å². The van der Waals surface area contributed by atoms with Crippen molar-refractivity contribution in [3.8, 4) is 5.75 Å². The molecule has 0 bridgehead atoms. The monoisotopic (exact) mass is 268 g/mol. The lowest BCUT2D eigenvalue weighted by Crippen LogP contribution is -2.13. The SMILES string of the molecule is CCOc1ccc(C(C)N)cc1CSCC(N)=O. The van der Waals surface area contributed by atoms with Crippen LogP contribution in [0.1, 0.15) is 31.0 Å². The number of benzene rings is 1. The van der Waals surface area contributed by atoms with E-state index >= 15 is 0 Å². The van der Waals surface area contributed by atoms with Gasteiger partial charge in [0.15, 0.2) is 0 Å². The predicted octanol–water partition coefficient (Wildman–Crippen LogP) is 1.82. The second-order valence-corrected chi connectivity index (χ2v) is 5.03. The minimum Gasteiger partial charge on any atom is -0.494 e. The fourth-order valence-electron chi connectivity index (χ4n) is 1.55. The van der Waals surface area contributed by atoms with Crippen LogP contribution >= 0.6 is 11.8 Å². The lowest BCUT2D eigenvalue weighted by molar-refractivity contribution is -0.115. The minimum absolute atomic E-state index is 0.0134. The summed E-state index contributed by atoms with van der Waals surface area (Å²) in [5.41, 5.74) is 13.1. The zero-order chi connectivity index (χ0) is 13.5. The number of carbonyl (C=O) groups excluding carboxylic acids is 1. The van der Waals surface area contributed by atoms with E-state index in [1.54, 1.807) is 0 Å². The first-order chi connectivity index (χ1) is 8.54. The van der Waals surface area contributed by atoms with E-state index in [1.165, 1.54) is 11.8 Å². The molecule has 1 amide bonds. The van der Waals surface area contributed by atoms with E-state index in [4.69, 9.17) is 16.2 Å². The van der Waals surface area contributed by atoms with Gasteiger partial charge in [0.2, 0.25) is 5.91 Å². The zero-order valence-corrected chi connectivity index (χ0v) is 11.6. The molecule has 1 atom stereocenters. The molecule has 0 radical (unpaired) electrons. The number of thioether (sulfide) groups is 1. The summed E-state index contributed by atoms with van der Waals surface area (Å²) in [6.07, 6.45) is 0. The molecule has 5 heteroatoms. The second-order valence-electron chi connectivity index (χ2n) is 4.05. The van der Waals surface area contributed by atoms with Gasteiger partial charge in [0.25, 0.3) is 0 Å². The Balaban J connectivity index is 2.82. The van der Waals surface area contributed by atoms with Crippen molar-refractivity contribution >= 4 is 17.7 Å². The van der Waals surface area contributed by atoms with Crippen molar-refractivity contribution < 1.29 is 9.53 Å². The molecular weight excluding hydrogens is 248 g/mol.